The Bertz CT molecular complexity index is 903. The summed E-state index contributed by atoms with van der Waals surface area (Å²) in [4.78, 5) is 21.0. The maximum absolute atomic E-state index is 12.6. The second kappa shape index (κ2) is 6.48. The molecule has 0 aromatic heterocycles. The van der Waals surface area contributed by atoms with Crippen LogP contribution in [0, 0.1) is 21.4 Å². The summed E-state index contributed by atoms with van der Waals surface area (Å²) in [6, 6.07) is 6.53. The third-order valence-corrected chi connectivity index (χ3v) is 3.05. The second-order valence-electron chi connectivity index (χ2n) is 4.66. The molecule has 10 heteroatoms. The SMILES string of the molecule is N#Cc1cc(C(F)(F)F)ccc1Oc1ccc([N+](=O)[O-])c(C(=O)O)c1. The Morgan fingerprint density at radius 1 is 1.24 bits per heavy atom. The molecule has 0 bridgehead atoms. The Morgan fingerprint density at radius 3 is 2.44 bits per heavy atom. The van der Waals surface area contributed by atoms with E-state index in [1.807, 2.05) is 0 Å². The highest BCUT2D eigenvalue weighted by Gasteiger charge is 2.31. The van der Waals surface area contributed by atoms with Crippen molar-refractivity contribution >= 4 is 11.7 Å². The fourth-order valence-corrected chi connectivity index (χ4v) is 1.92. The van der Waals surface area contributed by atoms with Crippen LogP contribution in [0.2, 0.25) is 0 Å². The standard InChI is InChI=1S/C15H7F3N2O5/c16-15(17,18)9-1-4-13(8(5-9)7-19)25-10-2-3-12(20(23)24)11(6-10)14(21)22/h1-6H,(H,21,22). The van der Waals surface area contributed by atoms with Crippen molar-refractivity contribution < 1.29 is 32.7 Å². The van der Waals surface area contributed by atoms with E-state index in [0.29, 0.717) is 12.1 Å². The number of hydrogen-bond donors (Lipinski definition) is 1. The number of nitriles is 1. The van der Waals surface area contributed by atoms with Gasteiger partial charge >= 0.3 is 12.1 Å². The average Bonchev–Trinajstić information content (AvgIpc) is 2.53. The number of carbonyl (C=O) groups is 1. The van der Waals surface area contributed by atoms with Crippen LogP contribution >= 0.6 is 0 Å². The maximum atomic E-state index is 12.6. The predicted octanol–water partition coefficient (Wildman–Crippen LogP) is 3.98. The van der Waals surface area contributed by atoms with Gasteiger partial charge in [-0.3, -0.25) is 10.1 Å². The number of nitro groups is 1. The van der Waals surface area contributed by atoms with Crippen LogP contribution < -0.4 is 4.74 Å². The van der Waals surface area contributed by atoms with Gasteiger partial charge < -0.3 is 9.84 Å². The molecule has 2 rings (SSSR count). The first-order chi connectivity index (χ1) is 11.6. The Morgan fingerprint density at radius 2 is 1.92 bits per heavy atom. The Labute approximate surface area is 137 Å². The molecule has 0 amide bonds. The summed E-state index contributed by atoms with van der Waals surface area (Å²) in [5, 5.41) is 28.7. The van der Waals surface area contributed by atoms with Crippen molar-refractivity contribution in [2.75, 3.05) is 0 Å². The van der Waals surface area contributed by atoms with Crippen LogP contribution in [0.15, 0.2) is 36.4 Å². The molecule has 0 aliphatic rings. The first-order valence-electron chi connectivity index (χ1n) is 6.44. The number of nitrogens with zero attached hydrogens (tertiary/aromatic N) is 2. The van der Waals surface area contributed by atoms with Gasteiger partial charge in [0.1, 0.15) is 23.1 Å². The molecular formula is C15H7F3N2O5. The number of hydrogen-bond acceptors (Lipinski definition) is 5. The minimum absolute atomic E-state index is 0.181. The van der Waals surface area contributed by atoms with Crippen molar-refractivity contribution in [3.05, 3.63) is 63.2 Å². The van der Waals surface area contributed by atoms with E-state index in [1.54, 1.807) is 6.07 Å². The molecule has 0 aliphatic heterocycles. The third kappa shape index (κ3) is 3.84. The van der Waals surface area contributed by atoms with Crippen molar-refractivity contribution in [1.82, 2.24) is 0 Å². The highest BCUT2D eigenvalue weighted by atomic mass is 19.4. The highest BCUT2D eigenvalue weighted by Crippen LogP contribution is 2.34. The topological polar surface area (TPSA) is 113 Å². The van der Waals surface area contributed by atoms with Crippen molar-refractivity contribution in [2.45, 2.75) is 6.18 Å². The maximum Gasteiger partial charge on any atom is 0.416 e. The van der Waals surface area contributed by atoms with Crippen molar-refractivity contribution in [1.29, 1.82) is 5.26 Å². The van der Waals surface area contributed by atoms with Crippen molar-refractivity contribution in [3.63, 3.8) is 0 Å². The largest absolute Gasteiger partial charge is 0.477 e. The number of benzene rings is 2. The molecule has 1 N–H and O–H groups in total. The van der Waals surface area contributed by atoms with Gasteiger partial charge in [0.25, 0.3) is 5.69 Å². The monoisotopic (exact) mass is 352 g/mol. The van der Waals surface area contributed by atoms with Gasteiger partial charge in [-0.15, -0.1) is 0 Å². The second-order valence-corrected chi connectivity index (χ2v) is 4.66. The van der Waals surface area contributed by atoms with Crippen molar-refractivity contribution in [2.24, 2.45) is 0 Å². The third-order valence-electron chi connectivity index (χ3n) is 3.05. The van der Waals surface area contributed by atoms with Crippen LogP contribution in [0.1, 0.15) is 21.5 Å². The molecule has 0 fully saturated rings. The van der Waals surface area contributed by atoms with E-state index in [9.17, 15) is 28.1 Å². The molecule has 0 aliphatic carbocycles. The Hall–Kier alpha value is -3.61. The predicted molar refractivity (Wildman–Crippen MR) is 76.3 cm³/mol. The van der Waals surface area contributed by atoms with E-state index >= 15 is 0 Å². The number of halogens is 3. The smallest absolute Gasteiger partial charge is 0.416 e. The molecule has 0 heterocycles. The number of carboxylic acid groups (broad SMARTS) is 1. The fourth-order valence-electron chi connectivity index (χ4n) is 1.92. The number of alkyl halides is 3. The molecule has 0 saturated carbocycles. The van der Waals surface area contributed by atoms with Crippen LogP contribution in [-0.4, -0.2) is 16.0 Å². The minimum Gasteiger partial charge on any atom is -0.477 e. The van der Waals surface area contributed by atoms with Crippen LogP contribution in [0.3, 0.4) is 0 Å². The van der Waals surface area contributed by atoms with Gasteiger partial charge in [0.2, 0.25) is 0 Å². The molecule has 0 spiro atoms. The van der Waals surface area contributed by atoms with Gasteiger partial charge in [-0.25, -0.2) is 4.79 Å². The summed E-state index contributed by atoms with van der Waals surface area (Å²) in [5.41, 5.74) is -2.81. The van der Waals surface area contributed by atoms with Gasteiger partial charge in [-0.05, 0) is 24.3 Å². The zero-order chi connectivity index (χ0) is 18.8. The summed E-state index contributed by atoms with van der Waals surface area (Å²) in [6.45, 7) is 0. The average molecular weight is 352 g/mol. The van der Waals surface area contributed by atoms with Crippen LogP contribution in [0.25, 0.3) is 0 Å². The van der Waals surface area contributed by atoms with Crippen LogP contribution in [0.4, 0.5) is 18.9 Å². The molecule has 2 aromatic carbocycles. The summed E-state index contributed by atoms with van der Waals surface area (Å²) in [6.07, 6.45) is -4.64. The van der Waals surface area contributed by atoms with E-state index < -0.39 is 39.4 Å². The lowest BCUT2D eigenvalue weighted by atomic mass is 10.1. The lowest BCUT2D eigenvalue weighted by Crippen LogP contribution is -2.05. The van der Waals surface area contributed by atoms with E-state index in [0.717, 1.165) is 24.3 Å². The lowest BCUT2D eigenvalue weighted by Gasteiger charge is -2.11. The van der Waals surface area contributed by atoms with Crippen LogP contribution in [-0.2, 0) is 6.18 Å². The Balaban J connectivity index is 2.43. The normalized spacial score (nSPS) is 10.8. The molecule has 2 aromatic rings. The van der Waals surface area contributed by atoms with E-state index in [1.165, 1.54) is 0 Å². The van der Waals surface area contributed by atoms with Gasteiger partial charge in [0.15, 0.2) is 0 Å². The first-order valence-corrected chi connectivity index (χ1v) is 6.44. The molecule has 0 atom stereocenters. The molecule has 0 saturated heterocycles. The Kier molecular flexibility index (Phi) is 4.60. The molecule has 0 radical (unpaired) electrons. The molecule has 7 nitrogen and oxygen atoms in total. The molecule has 0 unspecified atom stereocenters. The van der Waals surface area contributed by atoms with Gasteiger partial charge in [-0.1, -0.05) is 0 Å². The van der Waals surface area contributed by atoms with E-state index in [4.69, 9.17) is 15.1 Å². The van der Waals surface area contributed by atoms with E-state index in [2.05, 4.69) is 0 Å². The number of rotatable bonds is 4. The van der Waals surface area contributed by atoms with Crippen LogP contribution in [0.5, 0.6) is 11.5 Å². The molecule has 25 heavy (non-hydrogen) atoms. The minimum atomic E-state index is -4.64. The summed E-state index contributed by atoms with van der Waals surface area (Å²) in [7, 11) is 0. The number of carboxylic acids is 1. The zero-order valence-electron chi connectivity index (χ0n) is 12.1. The number of aromatic carboxylic acids is 1. The fraction of sp³-hybridized carbons (Fsp3) is 0.0667. The van der Waals surface area contributed by atoms with Gasteiger partial charge in [-0.2, -0.15) is 18.4 Å². The van der Waals surface area contributed by atoms with Gasteiger partial charge in [0.05, 0.1) is 16.1 Å². The first kappa shape index (κ1) is 17.7. The summed E-state index contributed by atoms with van der Waals surface area (Å²) >= 11 is 0. The summed E-state index contributed by atoms with van der Waals surface area (Å²) in [5.74, 6) is -2.01. The lowest BCUT2D eigenvalue weighted by molar-refractivity contribution is -0.385. The molecule has 128 valence electrons. The number of ether oxygens (including phenoxy) is 1. The highest BCUT2D eigenvalue weighted by molar-refractivity contribution is 5.92. The van der Waals surface area contributed by atoms with E-state index in [-0.39, 0.29) is 11.5 Å². The molecular weight excluding hydrogens is 345 g/mol. The van der Waals surface area contributed by atoms with Crippen molar-refractivity contribution in [3.8, 4) is 17.6 Å². The van der Waals surface area contributed by atoms with Gasteiger partial charge in [0, 0.05) is 12.1 Å². The summed E-state index contributed by atoms with van der Waals surface area (Å²) < 4.78 is 43.2. The zero-order valence-corrected chi connectivity index (χ0v) is 12.1. The number of nitro benzene ring substituents is 1. The quantitative estimate of drug-likeness (QED) is 0.658.